The van der Waals surface area contributed by atoms with Crippen LogP contribution in [0.5, 0.6) is 0 Å². The Morgan fingerprint density at radius 1 is 0.920 bits per heavy atom. The molecule has 0 aliphatic carbocycles. The topological polar surface area (TPSA) is 70.2 Å². The molecule has 0 bridgehead atoms. The Morgan fingerprint density at radius 3 is 2.04 bits per heavy atom. The molecule has 2 atom stereocenters. The Kier molecular flexibility index (Phi) is 6.11. The zero-order valence-electron chi connectivity index (χ0n) is 14.5. The van der Waals surface area contributed by atoms with Crippen molar-refractivity contribution in [1.82, 2.24) is 10.6 Å². The van der Waals surface area contributed by atoms with Crippen molar-refractivity contribution < 1.29 is 14.0 Å². The summed E-state index contributed by atoms with van der Waals surface area (Å²) in [6, 6.07) is 12.5. The van der Waals surface area contributed by atoms with Crippen LogP contribution >= 0.6 is 0 Å². The second-order valence-corrected chi connectivity index (χ2v) is 5.92. The zero-order chi connectivity index (χ0) is 18.4. The van der Waals surface area contributed by atoms with Crippen molar-refractivity contribution in [3.05, 3.63) is 65.5 Å². The highest BCUT2D eigenvalue weighted by atomic mass is 19.1. The lowest BCUT2D eigenvalue weighted by molar-refractivity contribution is -0.114. The van der Waals surface area contributed by atoms with Gasteiger partial charge in [-0.25, -0.2) is 9.18 Å². The minimum atomic E-state index is -0.353. The summed E-state index contributed by atoms with van der Waals surface area (Å²) in [7, 11) is 0. The lowest BCUT2D eigenvalue weighted by Crippen LogP contribution is -2.38. The summed E-state index contributed by atoms with van der Waals surface area (Å²) in [6.07, 6.45) is 0. The molecule has 0 fully saturated rings. The first-order valence-corrected chi connectivity index (χ1v) is 8.05. The van der Waals surface area contributed by atoms with Gasteiger partial charge in [0.15, 0.2) is 0 Å². The van der Waals surface area contributed by atoms with Gasteiger partial charge >= 0.3 is 6.03 Å². The van der Waals surface area contributed by atoms with Gasteiger partial charge in [-0.15, -0.1) is 0 Å². The van der Waals surface area contributed by atoms with Gasteiger partial charge in [-0.2, -0.15) is 0 Å². The standard InChI is InChI=1S/C19H22FN3O2/c1-12(15-6-4-8-17(20)10-15)21-19(25)22-13(2)16-7-5-9-18(11-16)23-14(3)24/h4-13H,1-3H3,(H,23,24)(H2,21,22,25). The van der Waals surface area contributed by atoms with Crippen LogP contribution in [0.2, 0.25) is 0 Å². The van der Waals surface area contributed by atoms with Crippen LogP contribution in [-0.2, 0) is 4.79 Å². The third-order valence-corrected chi connectivity index (χ3v) is 3.75. The van der Waals surface area contributed by atoms with Crippen molar-refractivity contribution in [3.63, 3.8) is 0 Å². The number of carbonyl (C=O) groups excluding carboxylic acids is 2. The quantitative estimate of drug-likeness (QED) is 0.770. The molecule has 2 rings (SSSR count). The molecule has 0 aliphatic rings. The second kappa shape index (κ2) is 8.28. The number of amides is 3. The molecule has 0 saturated heterocycles. The van der Waals surface area contributed by atoms with E-state index in [9.17, 15) is 14.0 Å². The molecule has 132 valence electrons. The van der Waals surface area contributed by atoms with E-state index < -0.39 is 0 Å². The molecule has 6 heteroatoms. The number of hydrogen-bond acceptors (Lipinski definition) is 2. The van der Waals surface area contributed by atoms with Crippen LogP contribution in [0.15, 0.2) is 48.5 Å². The van der Waals surface area contributed by atoms with E-state index in [1.807, 2.05) is 25.1 Å². The van der Waals surface area contributed by atoms with Crippen molar-refractivity contribution in [2.24, 2.45) is 0 Å². The first-order chi connectivity index (χ1) is 11.8. The van der Waals surface area contributed by atoms with E-state index in [-0.39, 0.29) is 29.8 Å². The number of benzene rings is 2. The maximum atomic E-state index is 13.3. The summed E-state index contributed by atoms with van der Waals surface area (Å²) >= 11 is 0. The number of halogens is 1. The maximum Gasteiger partial charge on any atom is 0.315 e. The normalized spacial score (nSPS) is 12.8. The summed E-state index contributed by atoms with van der Waals surface area (Å²) in [5.41, 5.74) is 2.22. The van der Waals surface area contributed by atoms with Gasteiger partial charge in [0.2, 0.25) is 5.91 Å². The minimum absolute atomic E-state index is 0.153. The molecule has 5 nitrogen and oxygen atoms in total. The molecule has 0 saturated carbocycles. The van der Waals surface area contributed by atoms with Gasteiger partial charge in [0.1, 0.15) is 5.82 Å². The molecule has 0 aliphatic heterocycles. The Bertz CT molecular complexity index is 764. The zero-order valence-corrected chi connectivity index (χ0v) is 14.5. The molecule has 25 heavy (non-hydrogen) atoms. The van der Waals surface area contributed by atoms with Crippen molar-refractivity contribution in [3.8, 4) is 0 Å². The van der Waals surface area contributed by atoms with Gasteiger partial charge in [-0.1, -0.05) is 24.3 Å². The van der Waals surface area contributed by atoms with E-state index in [1.54, 1.807) is 25.1 Å². The second-order valence-electron chi connectivity index (χ2n) is 5.92. The minimum Gasteiger partial charge on any atom is -0.332 e. The first kappa shape index (κ1) is 18.4. The SMILES string of the molecule is CC(=O)Nc1cccc(C(C)NC(=O)NC(C)c2cccc(F)c2)c1. The van der Waals surface area contributed by atoms with Crippen molar-refractivity contribution in [2.45, 2.75) is 32.9 Å². The maximum absolute atomic E-state index is 13.3. The molecule has 0 heterocycles. The van der Waals surface area contributed by atoms with Crippen LogP contribution in [0.25, 0.3) is 0 Å². The average molecular weight is 343 g/mol. The lowest BCUT2D eigenvalue weighted by atomic mass is 10.1. The fourth-order valence-corrected chi connectivity index (χ4v) is 2.47. The first-order valence-electron chi connectivity index (χ1n) is 8.05. The third-order valence-electron chi connectivity index (χ3n) is 3.75. The Labute approximate surface area is 146 Å². The van der Waals surface area contributed by atoms with Gasteiger partial charge in [-0.05, 0) is 49.2 Å². The predicted molar refractivity (Wildman–Crippen MR) is 95.6 cm³/mol. The average Bonchev–Trinajstić information content (AvgIpc) is 2.54. The summed E-state index contributed by atoms with van der Waals surface area (Å²) in [5.74, 6) is -0.492. The summed E-state index contributed by atoms with van der Waals surface area (Å²) in [6.45, 7) is 5.07. The van der Waals surface area contributed by atoms with Crippen molar-refractivity contribution in [1.29, 1.82) is 0 Å². The molecular formula is C19H22FN3O2. The molecular weight excluding hydrogens is 321 g/mol. The fraction of sp³-hybridized carbons (Fsp3) is 0.263. The Morgan fingerprint density at radius 2 is 1.48 bits per heavy atom. The molecule has 0 spiro atoms. The summed E-state index contributed by atoms with van der Waals surface area (Å²) in [5, 5.41) is 8.33. The largest absolute Gasteiger partial charge is 0.332 e. The molecule has 0 aromatic heterocycles. The number of hydrogen-bond donors (Lipinski definition) is 3. The fourth-order valence-electron chi connectivity index (χ4n) is 2.47. The van der Waals surface area contributed by atoms with Gasteiger partial charge in [-0.3, -0.25) is 4.79 Å². The number of urea groups is 1. The highest BCUT2D eigenvalue weighted by Crippen LogP contribution is 2.18. The summed E-state index contributed by atoms with van der Waals surface area (Å²) in [4.78, 5) is 23.3. The smallest absolute Gasteiger partial charge is 0.315 e. The third kappa shape index (κ3) is 5.60. The number of rotatable bonds is 5. The lowest BCUT2D eigenvalue weighted by Gasteiger charge is -2.19. The van der Waals surface area contributed by atoms with Crippen LogP contribution in [0, 0.1) is 5.82 Å². The van der Waals surface area contributed by atoms with E-state index in [1.165, 1.54) is 19.1 Å². The van der Waals surface area contributed by atoms with E-state index >= 15 is 0 Å². The van der Waals surface area contributed by atoms with Crippen LogP contribution < -0.4 is 16.0 Å². The number of nitrogens with one attached hydrogen (secondary N) is 3. The monoisotopic (exact) mass is 343 g/mol. The Hall–Kier alpha value is -2.89. The molecule has 0 radical (unpaired) electrons. The van der Waals surface area contributed by atoms with Gasteiger partial charge < -0.3 is 16.0 Å². The summed E-state index contributed by atoms with van der Waals surface area (Å²) < 4.78 is 13.3. The van der Waals surface area contributed by atoms with E-state index in [4.69, 9.17) is 0 Å². The van der Waals surface area contributed by atoms with E-state index in [0.717, 1.165) is 5.56 Å². The molecule has 2 aromatic rings. The molecule has 3 N–H and O–H groups in total. The van der Waals surface area contributed by atoms with Crippen LogP contribution in [0.3, 0.4) is 0 Å². The van der Waals surface area contributed by atoms with Crippen molar-refractivity contribution in [2.75, 3.05) is 5.32 Å². The van der Waals surface area contributed by atoms with Gasteiger partial charge in [0, 0.05) is 12.6 Å². The van der Waals surface area contributed by atoms with E-state index in [2.05, 4.69) is 16.0 Å². The predicted octanol–water partition coefficient (Wildman–Crippen LogP) is 3.91. The highest BCUT2D eigenvalue weighted by molar-refractivity contribution is 5.88. The molecule has 2 aromatic carbocycles. The van der Waals surface area contributed by atoms with Crippen molar-refractivity contribution >= 4 is 17.6 Å². The highest BCUT2D eigenvalue weighted by Gasteiger charge is 2.13. The number of anilines is 1. The molecule has 3 amide bonds. The van der Waals surface area contributed by atoms with Gasteiger partial charge in [0.05, 0.1) is 12.1 Å². The van der Waals surface area contributed by atoms with Crippen LogP contribution in [0.1, 0.15) is 44.0 Å². The number of carbonyl (C=O) groups is 2. The van der Waals surface area contributed by atoms with Crippen LogP contribution in [0.4, 0.5) is 14.9 Å². The van der Waals surface area contributed by atoms with Crippen LogP contribution in [-0.4, -0.2) is 11.9 Å². The van der Waals surface area contributed by atoms with E-state index in [0.29, 0.717) is 11.3 Å². The Balaban J connectivity index is 1.96. The molecule has 2 unspecified atom stereocenters. The van der Waals surface area contributed by atoms with Gasteiger partial charge in [0.25, 0.3) is 0 Å².